The zero-order valence-corrected chi connectivity index (χ0v) is 8.42. The smallest absolute Gasteiger partial charge is 0.0716 e. The molecule has 3 heteroatoms. The predicted molar refractivity (Wildman–Crippen MR) is 55.3 cm³/mol. The van der Waals surface area contributed by atoms with Crippen LogP contribution in [-0.2, 0) is 11.3 Å². The average Bonchev–Trinajstić information content (AvgIpc) is 2.13. The van der Waals surface area contributed by atoms with Crippen LogP contribution in [0.2, 0.25) is 5.02 Å². The molecule has 0 unspecified atom stereocenters. The lowest BCUT2D eigenvalue weighted by Gasteiger charge is -2.10. The molecule has 1 aromatic carbocycles. The van der Waals surface area contributed by atoms with Gasteiger partial charge < -0.3 is 10.1 Å². The van der Waals surface area contributed by atoms with Gasteiger partial charge in [-0.15, -0.1) is 6.54 Å². The van der Waals surface area contributed by atoms with Gasteiger partial charge in [-0.25, -0.2) is 0 Å². The summed E-state index contributed by atoms with van der Waals surface area (Å²) in [6.07, 6.45) is 0. The summed E-state index contributed by atoms with van der Waals surface area (Å²) >= 11 is 5.81. The van der Waals surface area contributed by atoms with Crippen molar-refractivity contribution in [2.45, 2.75) is 6.61 Å². The molecule has 0 aromatic heterocycles. The Morgan fingerprint density at radius 3 is 3.00 bits per heavy atom. The van der Waals surface area contributed by atoms with Crippen LogP contribution in [0.15, 0.2) is 24.3 Å². The Hall–Kier alpha value is -0.570. The Morgan fingerprint density at radius 1 is 1.46 bits per heavy atom. The van der Waals surface area contributed by atoms with Crippen molar-refractivity contribution in [3.8, 4) is 0 Å². The van der Waals surface area contributed by atoms with Crippen molar-refractivity contribution in [1.82, 2.24) is 0 Å². The molecule has 0 saturated carbocycles. The van der Waals surface area contributed by atoms with Gasteiger partial charge in [0.15, 0.2) is 0 Å². The van der Waals surface area contributed by atoms with Crippen molar-refractivity contribution < 1.29 is 4.74 Å². The molecule has 0 fully saturated rings. The molecule has 1 rings (SSSR count). The summed E-state index contributed by atoms with van der Waals surface area (Å²) in [7, 11) is 1.78. The van der Waals surface area contributed by atoms with Crippen molar-refractivity contribution in [1.29, 1.82) is 0 Å². The maximum absolute atomic E-state index is 5.81. The first-order valence-electron chi connectivity index (χ1n) is 4.20. The second-order valence-corrected chi connectivity index (χ2v) is 3.16. The van der Waals surface area contributed by atoms with E-state index in [0.29, 0.717) is 13.2 Å². The second kappa shape index (κ2) is 5.97. The fraction of sp³-hybridized carbons (Fsp3) is 0.400. The van der Waals surface area contributed by atoms with Gasteiger partial charge in [-0.2, -0.15) is 7.05 Å². The first kappa shape index (κ1) is 10.5. The monoisotopic (exact) mass is 198 g/mol. The summed E-state index contributed by atoms with van der Waals surface area (Å²) in [4.78, 5) is 0. The molecule has 0 N–H and O–H groups in total. The van der Waals surface area contributed by atoms with Crippen LogP contribution < -0.4 is 0 Å². The van der Waals surface area contributed by atoms with Crippen LogP contribution in [0.25, 0.3) is 5.32 Å². The van der Waals surface area contributed by atoms with Crippen molar-refractivity contribution in [2.75, 3.05) is 20.2 Å². The van der Waals surface area contributed by atoms with Gasteiger partial charge in [-0.3, -0.25) is 0 Å². The molecule has 0 spiro atoms. The van der Waals surface area contributed by atoms with Gasteiger partial charge in [0.2, 0.25) is 0 Å². The van der Waals surface area contributed by atoms with Gasteiger partial charge in [0, 0.05) is 11.6 Å². The fourth-order valence-electron chi connectivity index (χ4n) is 0.973. The highest BCUT2D eigenvalue weighted by atomic mass is 35.5. The first-order valence-corrected chi connectivity index (χ1v) is 4.58. The van der Waals surface area contributed by atoms with Crippen molar-refractivity contribution in [3.63, 3.8) is 0 Å². The summed E-state index contributed by atoms with van der Waals surface area (Å²) in [5.41, 5.74) is 1.10. The Bertz CT molecular complexity index is 252. The van der Waals surface area contributed by atoms with Gasteiger partial charge in [-0.1, -0.05) is 23.7 Å². The molecule has 0 amide bonds. The Balaban J connectivity index is 2.28. The van der Waals surface area contributed by atoms with Crippen LogP contribution in [0.4, 0.5) is 0 Å². The lowest BCUT2D eigenvalue weighted by atomic mass is 10.2. The molecule has 0 bridgehead atoms. The lowest BCUT2D eigenvalue weighted by Crippen LogP contribution is -1.98. The zero-order chi connectivity index (χ0) is 9.52. The number of nitrogens with zero attached hydrogens (tertiary/aromatic N) is 1. The van der Waals surface area contributed by atoms with Crippen molar-refractivity contribution in [2.24, 2.45) is 0 Å². The maximum atomic E-state index is 5.81. The number of likely N-dealkylation sites (N-methyl/N-ethyl adjacent to an activating group) is 1. The van der Waals surface area contributed by atoms with Crippen LogP contribution >= 0.6 is 11.6 Å². The minimum absolute atomic E-state index is 0.607. The van der Waals surface area contributed by atoms with E-state index in [9.17, 15) is 0 Å². The van der Waals surface area contributed by atoms with E-state index < -0.39 is 0 Å². The SMILES string of the molecule is C[N-]CCOCc1cccc(Cl)c1. The largest absolute Gasteiger partial charge is 0.663 e. The average molecular weight is 199 g/mol. The van der Waals surface area contributed by atoms with Gasteiger partial charge in [0.05, 0.1) is 6.61 Å². The standard InChI is InChI=1S/C10H13ClNO/c1-12-5-6-13-8-9-3-2-4-10(11)7-9/h2-4,7H,5-6,8H2,1H3/q-1. The van der Waals surface area contributed by atoms with E-state index >= 15 is 0 Å². The normalized spacial score (nSPS) is 10.3. The van der Waals surface area contributed by atoms with E-state index in [4.69, 9.17) is 16.3 Å². The molecule has 1 aromatic rings. The van der Waals surface area contributed by atoms with E-state index in [2.05, 4.69) is 5.32 Å². The number of rotatable bonds is 5. The van der Waals surface area contributed by atoms with Crippen LogP contribution in [0.1, 0.15) is 5.56 Å². The number of benzene rings is 1. The predicted octanol–water partition coefficient (Wildman–Crippen LogP) is 2.86. The summed E-state index contributed by atoms with van der Waals surface area (Å²) in [5, 5.41) is 4.68. The molecule has 2 nitrogen and oxygen atoms in total. The first-order chi connectivity index (χ1) is 6.33. The van der Waals surface area contributed by atoms with Crippen molar-refractivity contribution in [3.05, 3.63) is 40.2 Å². The highest BCUT2D eigenvalue weighted by molar-refractivity contribution is 6.30. The van der Waals surface area contributed by atoms with E-state index in [0.717, 1.165) is 17.1 Å². The molecule has 13 heavy (non-hydrogen) atoms. The maximum Gasteiger partial charge on any atom is 0.0716 e. The minimum atomic E-state index is 0.607. The third-order valence-corrected chi connectivity index (χ3v) is 1.85. The third-order valence-electron chi connectivity index (χ3n) is 1.62. The highest BCUT2D eigenvalue weighted by Crippen LogP contribution is 2.11. The van der Waals surface area contributed by atoms with E-state index in [1.807, 2.05) is 24.3 Å². The van der Waals surface area contributed by atoms with E-state index in [-0.39, 0.29) is 0 Å². The lowest BCUT2D eigenvalue weighted by molar-refractivity contribution is 0.131. The molecule has 0 aliphatic heterocycles. The molecule has 0 aliphatic carbocycles. The molecular formula is C10H13ClNO-. The van der Waals surface area contributed by atoms with E-state index in [1.54, 1.807) is 7.05 Å². The number of hydrogen-bond donors (Lipinski definition) is 0. The summed E-state index contributed by atoms with van der Waals surface area (Å²) < 4.78 is 5.36. The molecule has 0 atom stereocenters. The van der Waals surface area contributed by atoms with Crippen molar-refractivity contribution >= 4 is 11.6 Å². The highest BCUT2D eigenvalue weighted by Gasteiger charge is 1.92. The van der Waals surface area contributed by atoms with Gasteiger partial charge in [0.1, 0.15) is 0 Å². The number of halogens is 1. The summed E-state index contributed by atoms with van der Waals surface area (Å²) in [5.74, 6) is 0. The molecular weight excluding hydrogens is 186 g/mol. The Labute approximate surface area is 83.9 Å². The fourth-order valence-corrected chi connectivity index (χ4v) is 1.19. The molecule has 72 valence electrons. The van der Waals surface area contributed by atoms with Gasteiger partial charge in [0.25, 0.3) is 0 Å². The quantitative estimate of drug-likeness (QED) is 0.668. The molecule has 0 heterocycles. The van der Waals surface area contributed by atoms with Gasteiger partial charge in [-0.05, 0) is 17.7 Å². The minimum Gasteiger partial charge on any atom is -0.663 e. The van der Waals surface area contributed by atoms with Crippen LogP contribution in [0, 0.1) is 0 Å². The topological polar surface area (TPSA) is 23.3 Å². The second-order valence-electron chi connectivity index (χ2n) is 2.72. The zero-order valence-electron chi connectivity index (χ0n) is 7.66. The summed E-state index contributed by atoms with van der Waals surface area (Å²) in [6, 6.07) is 7.68. The third kappa shape index (κ3) is 4.27. The van der Waals surface area contributed by atoms with Crippen LogP contribution in [0.3, 0.4) is 0 Å². The Morgan fingerprint density at radius 2 is 2.31 bits per heavy atom. The summed E-state index contributed by atoms with van der Waals surface area (Å²) in [6.45, 7) is 2.03. The number of ether oxygens (including phenoxy) is 1. The Kier molecular flexibility index (Phi) is 4.83. The molecule has 0 radical (unpaired) electrons. The number of hydrogen-bond acceptors (Lipinski definition) is 1. The van der Waals surface area contributed by atoms with Crippen LogP contribution in [0.5, 0.6) is 0 Å². The molecule has 0 saturated heterocycles. The van der Waals surface area contributed by atoms with Gasteiger partial charge >= 0.3 is 0 Å². The van der Waals surface area contributed by atoms with E-state index in [1.165, 1.54) is 0 Å². The van der Waals surface area contributed by atoms with Crippen LogP contribution in [-0.4, -0.2) is 20.2 Å². The molecule has 0 aliphatic rings.